The predicted octanol–water partition coefficient (Wildman–Crippen LogP) is 3.36. The second-order valence-corrected chi connectivity index (χ2v) is 7.95. The Morgan fingerprint density at radius 2 is 1.97 bits per heavy atom. The number of benzene rings is 1. The number of methoxy groups -OCH3 is 1. The molecule has 31 heavy (non-hydrogen) atoms. The van der Waals surface area contributed by atoms with E-state index >= 15 is 0 Å². The van der Waals surface area contributed by atoms with Crippen molar-refractivity contribution in [1.82, 2.24) is 10.2 Å². The molecule has 9 heteroatoms. The average molecular weight is 445 g/mol. The van der Waals surface area contributed by atoms with Crippen molar-refractivity contribution in [2.24, 2.45) is 0 Å². The number of esters is 1. The van der Waals surface area contributed by atoms with Gasteiger partial charge >= 0.3 is 18.0 Å². The van der Waals surface area contributed by atoms with Crippen LogP contribution in [0, 0.1) is 0 Å². The first-order valence-corrected chi connectivity index (χ1v) is 10.6. The average Bonchev–Trinajstić information content (AvgIpc) is 3.26. The molecule has 3 rings (SSSR count). The Morgan fingerprint density at radius 3 is 2.58 bits per heavy atom. The van der Waals surface area contributed by atoms with Crippen LogP contribution in [0.25, 0.3) is 0 Å². The van der Waals surface area contributed by atoms with Gasteiger partial charge in [-0.05, 0) is 42.5 Å². The molecule has 1 aromatic carbocycles. The Labute approximate surface area is 184 Å². The number of rotatable bonds is 9. The lowest BCUT2D eigenvalue weighted by Gasteiger charge is -2.35. The maximum absolute atomic E-state index is 12.8. The summed E-state index contributed by atoms with van der Waals surface area (Å²) in [5, 5.41) is 13.6. The minimum Gasteiger partial charge on any atom is -0.493 e. The Balaban J connectivity index is 1.81. The van der Waals surface area contributed by atoms with Gasteiger partial charge in [0.25, 0.3) is 0 Å². The van der Waals surface area contributed by atoms with Crippen LogP contribution < -0.4 is 10.1 Å². The van der Waals surface area contributed by atoms with Gasteiger partial charge in [0.2, 0.25) is 0 Å². The molecule has 2 heterocycles. The van der Waals surface area contributed by atoms with Crippen LogP contribution in [0.5, 0.6) is 5.75 Å². The summed E-state index contributed by atoms with van der Waals surface area (Å²) in [7, 11) is 1.31. The van der Waals surface area contributed by atoms with E-state index in [1.807, 2.05) is 17.5 Å². The lowest BCUT2D eigenvalue weighted by molar-refractivity contribution is -0.138. The van der Waals surface area contributed by atoms with Gasteiger partial charge in [-0.15, -0.1) is 11.3 Å². The SMILES string of the molecule is COC(=O)C1=C(C)N(CCc2cccs2)C(=O)NC1c1ccc(OCCC(=O)O)cc1. The third-order valence-corrected chi connectivity index (χ3v) is 5.90. The number of allylic oxidation sites excluding steroid dienone is 1. The largest absolute Gasteiger partial charge is 0.493 e. The fourth-order valence-electron chi connectivity index (χ4n) is 3.36. The summed E-state index contributed by atoms with van der Waals surface area (Å²) in [5.41, 5.74) is 1.61. The molecule has 0 saturated heterocycles. The number of nitrogens with zero attached hydrogens (tertiary/aromatic N) is 1. The number of urea groups is 1. The second kappa shape index (κ2) is 10.1. The minimum atomic E-state index is -0.937. The smallest absolute Gasteiger partial charge is 0.337 e. The van der Waals surface area contributed by atoms with Crippen molar-refractivity contribution in [3.8, 4) is 5.75 Å². The molecule has 0 spiro atoms. The van der Waals surface area contributed by atoms with E-state index in [9.17, 15) is 14.4 Å². The Hall–Kier alpha value is -3.33. The highest BCUT2D eigenvalue weighted by Gasteiger charge is 2.36. The summed E-state index contributed by atoms with van der Waals surface area (Å²) in [6.45, 7) is 2.25. The van der Waals surface area contributed by atoms with E-state index < -0.39 is 18.0 Å². The number of carbonyl (C=O) groups is 3. The van der Waals surface area contributed by atoms with Crippen molar-refractivity contribution < 1.29 is 29.0 Å². The molecule has 1 atom stereocenters. The molecule has 164 valence electrons. The van der Waals surface area contributed by atoms with Crippen molar-refractivity contribution in [1.29, 1.82) is 0 Å². The summed E-state index contributed by atoms with van der Waals surface area (Å²) in [6, 6.07) is 9.85. The van der Waals surface area contributed by atoms with Crippen LogP contribution in [0.2, 0.25) is 0 Å². The predicted molar refractivity (Wildman–Crippen MR) is 115 cm³/mol. The lowest BCUT2D eigenvalue weighted by atomic mass is 9.94. The van der Waals surface area contributed by atoms with Crippen LogP contribution in [0.15, 0.2) is 53.0 Å². The third-order valence-electron chi connectivity index (χ3n) is 4.96. The standard InChI is InChI=1S/C22H24N2O6S/c1-14-19(21(27)29-2)20(15-5-7-16(8-6-15)30-12-10-18(25)26)23-22(28)24(14)11-9-17-4-3-13-31-17/h3-8,13,20H,9-12H2,1-2H3,(H,23,28)(H,25,26). The van der Waals surface area contributed by atoms with E-state index in [4.69, 9.17) is 14.6 Å². The van der Waals surface area contributed by atoms with Gasteiger partial charge in [-0.3, -0.25) is 9.69 Å². The van der Waals surface area contributed by atoms with Crippen molar-refractivity contribution >= 4 is 29.3 Å². The zero-order chi connectivity index (χ0) is 22.4. The molecule has 1 aliphatic heterocycles. The molecule has 0 fully saturated rings. The van der Waals surface area contributed by atoms with Crippen LogP contribution >= 0.6 is 11.3 Å². The zero-order valence-electron chi connectivity index (χ0n) is 17.3. The van der Waals surface area contributed by atoms with Gasteiger partial charge in [-0.2, -0.15) is 0 Å². The van der Waals surface area contributed by atoms with Crippen LogP contribution in [0.1, 0.15) is 29.8 Å². The molecular weight excluding hydrogens is 420 g/mol. The molecule has 0 radical (unpaired) electrons. The van der Waals surface area contributed by atoms with Crippen LogP contribution in [-0.4, -0.2) is 48.2 Å². The van der Waals surface area contributed by atoms with Gasteiger partial charge in [0.1, 0.15) is 5.75 Å². The lowest BCUT2D eigenvalue weighted by Crippen LogP contribution is -2.48. The van der Waals surface area contributed by atoms with E-state index in [-0.39, 0.29) is 19.1 Å². The number of hydrogen-bond donors (Lipinski definition) is 2. The van der Waals surface area contributed by atoms with E-state index in [0.29, 0.717) is 35.5 Å². The van der Waals surface area contributed by atoms with Crippen molar-refractivity contribution in [3.05, 3.63) is 63.5 Å². The number of carboxylic acid groups (broad SMARTS) is 1. The summed E-state index contributed by atoms with van der Waals surface area (Å²) in [5.74, 6) is -0.941. The highest BCUT2D eigenvalue weighted by molar-refractivity contribution is 7.09. The Kier molecular flexibility index (Phi) is 7.30. The number of carbonyl (C=O) groups excluding carboxylic acids is 2. The van der Waals surface area contributed by atoms with Crippen LogP contribution in [-0.2, 0) is 20.7 Å². The molecule has 0 bridgehead atoms. The number of hydrogen-bond acceptors (Lipinski definition) is 6. The van der Waals surface area contributed by atoms with Gasteiger partial charge in [0, 0.05) is 17.1 Å². The molecule has 2 amide bonds. The molecule has 1 aliphatic rings. The fourth-order valence-corrected chi connectivity index (χ4v) is 4.06. The molecular formula is C22H24N2O6S. The van der Waals surface area contributed by atoms with Gasteiger partial charge in [-0.1, -0.05) is 18.2 Å². The summed E-state index contributed by atoms with van der Waals surface area (Å²) < 4.78 is 10.4. The van der Waals surface area contributed by atoms with Crippen molar-refractivity contribution in [3.63, 3.8) is 0 Å². The third kappa shape index (κ3) is 5.43. The number of thiophene rings is 1. The first kappa shape index (κ1) is 22.4. The summed E-state index contributed by atoms with van der Waals surface area (Å²) in [4.78, 5) is 38.7. The fraction of sp³-hybridized carbons (Fsp3) is 0.318. The molecule has 0 aliphatic carbocycles. The van der Waals surface area contributed by atoms with E-state index in [0.717, 1.165) is 4.88 Å². The first-order chi connectivity index (χ1) is 14.9. The van der Waals surface area contributed by atoms with Gasteiger partial charge in [-0.25, -0.2) is 9.59 Å². The molecule has 2 N–H and O–H groups in total. The highest BCUT2D eigenvalue weighted by Crippen LogP contribution is 2.32. The summed E-state index contributed by atoms with van der Waals surface area (Å²) in [6.07, 6.45) is 0.583. The maximum atomic E-state index is 12.8. The molecule has 8 nitrogen and oxygen atoms in total. The molecule has 1 aromatic heterocycles. The van der Waals surface area contributed by atoms with Crippen LogP contribution in [0.3, 0.4) is 0 Å². The van der Waals surface area contributed by atoms with Crippen LogP contribution in [0.4, 0.5) is 4.79 Å². The molecule has 1 unspecified atom stereocenters. The van der Waals surface area contributed by atoms with Gasteiger partial charge in [0.05, 0.1) is 31.8 Å². The van der Waals surface area contributed by atoms with Gasteiger partial charge < -0.3 is 19.9 Å². The normalized spacial score (nSPS) is 16.1. The maximum Gasteiger partial charge on any atom is 0.337 e. The zero-order valence-corrected chi connectivity index (χ0v) is 18.1. The van der Waals surface area contributed by atoms with Gasteiger partial charge in [0.15, 0.2) is 0 Å². The number of carboxylic acids is 1. The monoisotopic (exact) mass is 444 g/mol. The number of amides is 2. The first-order valence-electron chi connectivity index (χ1n) is 9.74. The van der Waals surface area contributed by atoms with E-state index in [1.165, 1.54) is 7.11 Å². The Bertz CT molecular complexity index is 968. The Morgan fingerprint density at radius 1 is 1.23 bits per heavy atom. The molecule has 0 saturated carbocycles. The minimum absolute atomic E-state index is 0.0560. The van der Waals surface area contributed by atoms with E-state index in [2.05, 4.69) is 5.32 Å². The number of ether oxygens (including phenoxy) is 2. The quantitative estimate of drug-likeness (QED) is 0.575. The van der Waals surface area contributed by atoms with Crippen molar-refractivity contribution in [2.75, 3.05) is 20.3 Å². The number of nitrogens with one attached hydrogen (secondary N) is 1. The topological polar surface area (TPSA) is 105 Å². The van der Waals surface area contributed by atoms with Crippen molar-refractivity contribution in [2.45, 2.75) is 25.8 Å². The highest BCUT2D eigenvalue weighted by atomic mass is 32.1. The molecule has 2 aromatic rings. The second-order valence-electron chi connectivity index (χ2n) is 6.92. The number of aliphatic carboxylic acids is 1. The summed E-state index contributed by atoms with van der Waals surface area (Å²) >= 11 is 1.62. The van der Waals surface area contributed by atoms with E-state index in [1.54, 1.807) is 47.4 Å².